The number of hydrogen-bond acceptors (Lipinski definition) is 13. The van der Waals surface area contributed by atoms with Gasteiger partial charge in [0.1, 0.15) is 22.8 Å². The average molecular weight is 541 g/mol. The number of nitrogens with two attached hydrogens (primary N) is 1. The van der Waals surface area contributed by atoms with Gasteiger partial charge in [0.2, 0.25) is 0 Å². The zero-order chi connectivity index (χ0) is 25.4. The fourth-order valence-corrected chi connectivity index (χ4v) is 6.31. The van der Waals surface area contributed by atoms with Crippen molar-refractivity contribution in [2.45, 2.75) is 16.6 Å². The topological polar surface area (TPSA) is 226 Å². The minimum atomic E-state index is -1.33. The molecule has 2 aliphatic rings. The third kappa shape index (κ3) is 4.54. The van der Waals surface area contributed by atoms with Gasteiger partial charge in [-0.1, -0.05) is 16.9 Å². The number of aliphatic carboxylic acids is 1. The van der Waals surface area contributed by atoms with Crippen LogP contribution in [0.1, 0.15) is 5.69 Å². The summed E-state index contributed by atoms with van der Waals surface area (Å²) < 4.78 is 1.24. The molecular weight excluding hydrogens is 524 g/mol. The van der Waals surface area contributed by atoms with E-state index in [0.717, 1.165) is 28.0 Å². The van der Waals surface area contributed by atoms with E-state index in [1.807, 2.05) is 0 Å². The van der Waals surface area contributed by atoms with Crippen molar-refractivity contribution < 1.29 is 24.7 Å². The lowest BCUT2D eigenvalue weighted by atomic mass is 10.0. The predicted molar refractivity (Wildman–Crippen MR) is 125 cm³/mol. The standard InChI is InChI=1S/C17H16N8O7S3/c1-24-17(21-11(27)12(28)22-24)35-3-5-2-33-14-8(13(29)25(14)9(5)15(30)31)20-10(26)7(23-32)6-4-34-16(18)19-6/h4,8,14,32H,2-3H2,1H3,(H2,18,19)(H,20,26)(H,22,28)(H,30,31)/b23-7+/t8-,14-/m1/s1. The molecule has 0 spiro atoms. The zero-order valence-electron chi connectivity index (χ0n) is 17.6. The van der Waals surface area contributed by atoms with E-state index in [4.69, 9.17) is 5.73 Å². The first kappa shape index (κ1) is 24.5. The molecule has 2 amide bonds. The summed E-state index contributed by atoms with van der Waals surface area (Å²) in [5, 5.41) is 27.7. The summed E-state index contributed by atoms with van der Waals surface area (Å²) in [6.07, 6.45) is 0. The summed E-state index contributed by atoms with van der Waals surface area (Å²) in [6.45, 7) is 0. The third-order valence-corrected chi connectivity index (χ3v) is 8.07. The van der Waals surface area contributed by atoms with Crippen LogP contribution in [0.15, 0.2) is 36.6 Å². The smallest absolute Gasteiger partial charge is 0.352 e. The molecule has 0 aromatic carbocycles. The Bertz CT molecular complexity index is 1410. The van der Waals surface area contributed by atoms with E-state index >= 15 is 0 Å². The fourth-order valence-electron chi connectivity index (χ4n) is 3.35. The van der Waals surface area contributed by atoms with Crippen molar-refractivity contribution in [2.24, 2.45) is 12.2 Å². The highest BCUT2D eigenvalue weighted by atomic mass is 32.2. The zero-order valence-corrected chi connectivity index (χ0v) is 20.1. The van der Waals surface area contributed by atoms with Gasteiger partial charge >= 0.3 is 17.1 Å². The first-order valence-electron chi connectivity index (χ1n) is 9.56. The Morgan fingerprint density at radius 2 is 2.11 bits per heavy atom. The molecule has 0 aliphatic carbocycles. The number of carboxylic acid groups (broad SMARTS) is 1. The molecule has 1 fully saturated rings. The van der Waals surface area contributed by atoms with Crippen LogP contribution in [-0.4, -0.2) is 81.4 Å². The molecular formula is C17H16N8O7S3. The van der Waals surface area contributed by atoms with Gasteiger partial charge in [-0.15, -0.1) is 23.1 Å². The van der Waals surface area contributed by atoms with Gasteiger partial charge in [0.05, 0.1) is 0 Å². The number of aromatic nitrogens is 4. The second-order valence-corrected chi connectivity index (χ2v) is 10.1. The number of rotatable bonds is 7. The highest BCUT2D eigenvalue weighted by molar-refractivity contribution is 8.01. The number of thioether (sulfide) groups is 2. The van der Waals surface area contributed by atoms with E-state index in [1.165, 1.54) is 28.9 Å². The molecule has 0 saturated carbocycles. The number of aromatic amines is 1. The third-order valence-electron chi connectivity index (χ3n) is 4.94. The Kier molecular flexibility index (Phi) is 6.68. The average Bonchev–Trinajstić information content (AvgIpc) is 3.24. The van der Waals surface area contributed by atoms with Gasteiger partial charge in [-0.2, -0.15) is 4.98 Å². The summed E-state index contributed by atoms with van der Waals surface area (Å²) in [6, 6.07) is -1.05. The van der Waals surface area contributed by atoms with Gasteiger partial charge < -0.3 is 21.4 Å². The molecule has 2 aromatic heterocycles. The van der Waals surface area contributed by atoms with Gasteiger partial charge in [-0.25, -0.2) is 9.78 Å². The molecule has 1 saturated heterocycles. The fraction of sp³-hybridized carbons (Fsp3) is 0.294. The molecule has 2 aliphatic heterocycles. The quantitative estimate of drug-likeness (QED) is 0.0656. The normalized spacial score (nSPS) is 19.9. The van der Waals surface area contributed by atoms with E-state index in [-0.39, 0.29) is 33.2 Å². The molecule has 184 valence electrons. The first-order valence-corrected chi connectivity index (χ1v) is 12.5. The molecule has 15 nitrogen and oxygen atoms in total. The number of hydrogen-bond donors (Lipinski definition) is 5. The van der Waals surface area contributed by atoms with Gasteiger partial charge in [-0.05, 0) is 5.57 Å². The van der Waals surface area contributed by atoms with E-state index < -0.39 is 46.0 Å². The van der Waals surface area contributed by atoms with Gasteiger partial charge in [-0.3, -0.25) is 33.9 Å². The first-order chi connectivity index (χ1) is 16.6. The Balaban J connectivity index is 1.50. The number of amides is 2. The summed E-state index contributed by atoms with van der Waals surface area (Å²) >= 11 is 3.29. The number of nitrogens with one attached hydrogen (secondary N) is 2. The highest BCUT2D eigenvalue weighted by Gasteiger charge is 2.54. The van der Waals surface area contributed by atoms with Crippen molar-refractivity contribution in [3.63, 3.8) is 0 Å². The van der Waals surface area contributed by atoms with Crippen LogP contribution in [0.3, 0.4) is 0 Å². The Labute approximate surface area is 207 Å². The van der Waals surface area contributed by atoms with Crippen LogP contribution in [0.2, 0.25) is 0 Å². The van der Waals surface area contributed by atoms with E-state index in [0.29, 0.717) is 5.57 Å². The number of carboxylic acids is 1. The van der Waals surface area contributed by atoms with Crippen molar-refractivity contribution in [1.29, 1.82) is 0 Å². The van der Waals surface area contributed by atoms with Gasteiger partial charge in [0.15, 0.2) is 16.0 Å². The molecule has 4 heterocycles. The number of nitrogens with zero attached hydrogens (tertiary/aromatic N) is 5. The number of thiazole rings is 1. The van der Waals surface area contributed by atoms with Crippen molar-refractivity contribution in [3.8, 4) is 0 Å². The second-order valence-electron chi connectivity index (χ2n) is 7.13. The van der Waals surface area contributed by atoms with E-state index in [2.05, 4.69) is 25.5 Å². The summed E-state index contributed by atoms with van der Waals surface area (Å²) in [7, 11) is 1.48. The molecule has 0 unspecified atom stereocenters. The minimum absolute atomic E-state index is 0.0307. The maximum atomic E-state index is 12.8. The van der Waals surface area contributed by atoms with E-state index in [9.17, 15) is 34.3 Å². The Hall–Kier alpha value is -3.64. The number of nitrogen functional groups attached to an aromatic ring is 1. The number of H-pyrrole nitrogens is 1. The molecule has 0 radical (unpaired) electrons. The molecule has 6 N–H and O–H groups in total. The van der Waals surface area contributed by atoms with Crippen LogP contribution in [0, 0.1) is 0 Å². The summed E-state index contributed by atoms with van der Waals surface area (Å²) in [4.78, 5) is 68.9. The van der Waals surface area contributed by atoms with Crippen LogP contribution in [0.4, 0.5) is 5.13 Å². The number of carbonyl (C=O) groups is 3. The van der Waals surface area contributed by atoms with Crippen molar-refractivity contribution in [2.75, 3.05) is 17.2 Å². The van der Waals surface area contributed by atoms with Crippen LogP contribution >= 0.6 is 34.9 Å². The van der Waals surface area contributed by atoms with Crippen molar-refractivity contribution in [1.82, 2.24) is 30.0 Å². The number of oxime groups is 1. The van der Waals surface area contributed by atoms with Gasteiger partial charge in [0.25, 0.3) is 11.8 Å². The van der Waals surface area contributed by atoms with Crippen molar-refractivity contribution >= 4 is 63.5 Å². The highest BCUT2D eigenvalue weighted by Crippen LogP contribution is 2.41. The summed E-state index contributed by atoms with van der Waals surface area (Å²) in [5.41, 5.74) is 3.45. The lowest BCUT2D eigenvalue weighted by molar-refractivity contribution is -0.150. The number of carbonyl (C=O) groups excluding carboxylic acids is 2. The number of β-lactam (4-membered cyclic amide) rings is 1. The molecule has 35 heavy (non-hydrogen) atoms. The van der Waals surface area contributed by atoms with Crippen LogP contribution in [0.5, 0.6) is 0 Å². The SMILES string of the molecule is Cn1[nH]c(=O)c(=O)nc1SCC1=C(C(=O)O)N2C(=O)[C@@H](NC(=O)/C(=N/O)c3csc(N)n3)[C@H]2SC1. The minimum Gasteiger partial charge on any atom is -0.477 e. The van der Waals surface area contributed by atoms with Crippen LogP contribution in [0.25, 0.3) is 0 Å². The maximum absolute atomic E-state index is 12.8. The molecule has 2 atom stereocenters. The van der Waals surface area contributed by atoms with E-state index in [1.54, 1.807) is 0 Å². The molecule has 0 bridgehead atoms. The van der Waals surface area contributed by atoms with Crippen LogP contribution < -0.4 is 22.2 Å². The van der Waals surface area contributed by atoms with Crippen molar-refractivity contribution in [3.05, 3.63) is 43.1 Å². The lowest BCUT2D eigenvalue weighted by Gasteiger charge is -2.49. The lowest BCUT2D eigenvalue weighted by Crippen LogP contribution is -2.71. The predicted octanol–water partition coefficient (Wildman–Crippen LogP) is -1.78. The Morgan fingerprint density at radius 1 is 1.37 bits per heavy atom. The molecule has 4 rings (SSSR count). The Morgan fingerprint density at radius 3 is 2.74 bits per heavy atom. The second kappa shape index (κ2) is 9.55. The molecule has 2 aromatic rings. The molecule has 18 heteroatoms. The van der Waals surface area contributed by atoms with Crippen LogP contribution in [-0.2, 0) is 21.4 Å². The number of aryl methyl sites for hydroxylation is 1. The largest absolute Gasteiger partial charge is 0.477 e. The maximum Gasteiger partial charge on any atom is 0.352 e. The number of anilines is 1. The monoisotopic (exact) mass is 540 g/mol. The summed E-state index contributed by atoms with van der Waals surface area (Å²) in [5.74, 6) is -2.55. The number of fused-ring (bicyclic) bond motifs is 1. The van der Waals surface area contributed by atoms with Gasteiger partial charge in [0, 0.05) is 23.9 Å².